The summed E-state index contributed by atoms with van der Waals surface area (Å²) in [5.41, 5.74) is 1.33. The normalized spacial score (nSPS) is 16.2. The lowest BCUT2D eigenvalue weighted by Crippen LogP contribution is -3.13. The van der Waals surface area contributed by atoms with E-state index in [-0.39, 0.29) is 0 Å². The van der Waals surface area contributed by atoms with E-state index in [9.17, 15) is 0 Å². The summed E-state index contributed by atoms with van der Waals surface area (Å²) in [6.45, 7) is 10.8. The number of hydrogen-bond acceptors (Lipinski definition) is 4. The molecular formula is C17H27N6+. The molecule has 1 aromatic carbocycles. The lowest BCUT2D eigenvalue weighted by Gasteiger charge is -2.33. The van der Waals surface area contributed by atoms with Crippen molar-refractivity contribution in [2.24, 2.45) is 5.92 Å². The van der Waals surface area contributed by atoms with Gasteiger partial charge in [0.2, 0.25) is 5.82 Å². The van der Waals surface area contributed by atoms with E-state index in [4.69, 9.17) is 0 Å². The molecule has 1 fully saturated rings. The third-order valence-corrected chi connectivity index (χ3v) is 4.52. The van der Waals surface area contributed by atoms with Gasteiger partial charge in [0.15, 0.2) is 0 Å². The fourth-order valence-electron chi connectivity index (χ4n) is 3.02. The second-order valence-electron chi connectivity index (χ2n) is 6.75. The van der Waals surface area contributed by atoms with Crippen molar-refractivity contribution in [1.82, 2.24) is 20.2 Å². The Morgan fingerprint density at radius 1 is 1.13 bits per heavy atom. The van der Waals surface area contributed by atoms with Gasteiger partial charge in [0.25, 0.3) is 0 Å². The Kier molecular flexibility index (Phi) is 5.23. The Morgan fingerprint density at radius 2 is 1.87 bits per heavy atom. The van der Waals surface area contributed by atoms with Crippen LogP contribution in [0, 0.1) is 5.92 Å². The molecule has 0 amide bonds. The van der Waals surface area contributed by atoms with Gasteiger partial charge in [-0.25, -0.2) is 4.68 Å². The average molecular weight is 315 g/mol. The number of nitrogens with one attached hydrogen (secondary N) is 1. The van der Waals surface area contributed by atoms with Gasteiger partial charge in [0.05, 0.1) is 26.2 Å². The highest BCUT2D eigenvalue weighted by Gasteiger charge is 2.22. The molecule has 0 saturated carbocycles. The lowest BCUT2D eigenvalue weighted by atomic mass is 10.1. The molecule has 0 atom stereocenters. The number of benzene rings is 1. The zero-order valence-electron chi connectivity index (χ0n) is 14.1. The molecule has 3 rings (SSSR count). The Hall–Kier alpha value is -1.95. The van der Waals surface area contributed by atoms with Crippen LogP contribution in [-0.2, 0) is 13.1 Å². The second kappa shape index (κ2) is 7.55. The topological polar surface area (TPSA) is 51.3 Å². The molecule has 23 heavy (non-hydrogen) atoms. The predicted molar refractivity (Wildman–Crippen MR) is 90.3 cm³/mol. The van der Waals surface area contributed by atoms with Crippen molar-refractivity contribution in [3.05, 3.63) is 36.2 Å². The van der Waals surface area contributed by atoms with E-state index in [1.54, 1.807) is 4.90 Å². The maximum atomic E-state index is 4.23. The van der Waals surface area contributed by atoms with Gasteiger partial charge >= 0.3 is 0 Å². The van der Waals surface area contributed by atoms with Crippen molar-refractivity contribution in [3.8, 4) is 0 Å². The smallest absolute Gasteiger partial charge is 0.206 e. The van der Waals surface area contributed by atoms with E-state index in [1.165, 1.54) is 5.69 Å². The van der Waals surface area contributed by atoms with E-state index < -0.39 is 0 Å². The van der Waals surface area contributed by atoms with Gasteiger partial charge in [-0.05, 0) is 34.9 Å². The lowest BCUT2D eigenvalue weighted by molar-refractivity contribution is -0.915. The summed E-state index contributed by atoms with van der Waals surface area (Å²) in [6, 6.07) is 10.7. The first-order valence-electron chi connectivity index (χ1n) is 8.61. The first kappa shape index (κ1) is 15.9. The molecule has 1 aromatic heterocycles. The first-order valence-corrected chi connectivity index (χ1v) is 8.61. The van der Waals surface area contributed by atoms with E-state index in [2.05, 4.69) is 64.6 Å². The van der Waals surface area contributed by atoms with Gasteiger partial charge in [-0.2, -0.15) is 0 Å². The Morgan fingerprint density at radius 3 is 2.57 bits per heavy atom. The molecule has 1 aliphatic heterocycles. The fourth-order valence-corrected chi connectivity index (χ4v) is 3.02. The summed E-state index contributed by atoms with van der Waals surface area (Å²) < 4.78 is 1.98. The molecule has 0 unspecified atom stereocenters. The van der Waals surface area contributed by atoms with Crippen LogP contribution in [0.15, 0.2) is 30.3 Å². The monoisotopic (exact) mass is 315 g/mol. The summed E-state index contributed by atoms with van der Waals surface area (Å²) in [5.74, 6) is 1.70. The van der Waals surface area contributed by atoms with Gasteiger partial charge in [0, 0.05) is 12.2 Å². The van der Waals surface area contributed by atoms with Gasteiger partial charge in [0.1, 0.15) is 6.54 Å². The highest BCUT2D eigenvalue weighted by atomic mass is 15.5. The molecule has 2 heterocycles. The average Bonchev–Trinajstić information content (AvgIpc) is 3.01. The number of anilines is 1. The van der Waals surface area contributed by atoms with Crippen LogP contribution in [-0.4, -0.2) is 46.4 Å². The molecule has 6 nitrogen and oxygen atoms in total. The highest BCUT2D eigenvalue weighted by molar-refractivity contribution is 5.45. The molecule has 0 bridgehead atoms. The maximum absolute atomic E-state index is 4.23. The third-order valence-electron chi connectivity index (χ3n) is 4.52. The number of piperazine rings is 1. The largest absolute Gasteiger partial charge is 0.360 e. The highest BCUT2D eigenvalue weighted by Crippen LogP contribution is 2.12. The number of tetrazole rings is 1. The van der Waals surface area contributed by atoms with Crippen LogP contribution in [0.3, 0.4) is 0 Å². The molecule has 2 aromatic rings. The number of rotatable bonds is 6. The predicted octanol–water partition coefficient (Wildman–Crippen LogP) is 0.624. The minimum Gasteiger partial charge on any atom is -0.360 e. The van der Waals surface area contributed by atoms with Crippen LogP contribution in [0.4, 0.5) is 5.69 Å². The number of hydrogen-bond donors (Lipinski definition) is 1. The van der Waals surface area contributed by atoms with Crippen LogP contribution in [0.5, 0.6) is 0 Å². The Labute approximate surface area is 138 Å². The van der Waals surface area contributed by atoms with Crippen molar-refractivity contribution < 1.29 is 4.90 Å². The summed E-state index contributed by atoms with van der Waals surface area (Å²) in [4.78, 5) is 4.03. The van der Waals surface area contributed by atoms with Crippen molar-refractivity contribution >= 4 is 5.69 Å². The van der Waals surface area contributed by atoms with E-state index in [0.29, 0.717) is 5.92 Å². The van der Waals surface area contributed by atoms with Gasteiger partial charge in [-0.1, -0.05) is 32.0 Å². The van der Waals surface area contributed by atoms with Gasteiger partial charge < -0.3 is 9.80 Å². The minimum absolute atomic E-state index is 0.675. The molecule has 6 heteroatoms. The number of para-hydroxylation sites is 1. The number of aromatic nitrogens is 4. The fraction of sp³-hybridized carbons (Fsp3) is 0.588. The first-order chi connectivity index (χ1) is 11.2. The van der Waals surface area contributed by atoms with Crippen LogP contribution < -0.4 is 9.80 Å². The molecular weight excluding hydrogens is 288 g/mol. The summed E-state index contributed by atoms with van der Waals surface area (Å²) in [7, 11) is 0. The Bertz CT molecular complexity index is 586. The summed E-state index contributed by atoms with van der Waals surface area (Å²) in [6.07, 6.45) is 1.12. The van der Waals surface area contributed by atoms with Crippen molar-refractivity contribution in [3.63, 3.8) is 0 Å². The van der Waals surface area contributed by atoms with Crippen molar-refractivity contribution in [2.75, 3.05) is 31.1 Å². The SMILES string of the molecule is CC(C)CCn1nnnc1C[NH+]1CCN(c2ccccc2)CC1. The van der Waals surface area contributed by atoms with Crippen molar-refractivity contribution in [1.29, 1.82) is 0 Å². The van der Waals surface area contributed by atoms with E-state index in [0.717, 1.165) is 51.5 Å². The molecule has 1 aliphatic rings. The zero-order valence-corrected chi connectivity index (χ0v) is 14.1. The molecule has 124 valence electrons. The van der Waals surface area contributed by atoms with E-state index >= 15 is 0 Å². The molecule has 1 N–H and O–H groups in total. The number of quaternary nitrogens is 1. The quantitative estimate of drug-likeness (QED) is 0.849. The maximum Gasteiger partial charge on any atom is 0.206 e. The van der Waals surface area contributed by atoms with Crippen molar-refractivity contribution in [2.45, 2.75) is 33.4 Å². The molecule has 0 radical (unpaired) electrons. The zero-order chi connectivity index (χ0) is 16.1. The number of nitrogens with zero attached hydrogens (tertiary/aromatic N) is 5. The van der Waals surface area contributed by atoms with Crippen LogP contribution in [0.2, 0.25) is 0 Å². The van der Waals surface area contributed by atoms with E-state index in [1.807, 2.05) is 4.68 Å². The van der Waals surface area contributed by atoms with Gasteiger partial charge in [-0.3, -0.25) is 0 Å². The molecule has 0 spiro atoms. The molecule has 0 aliphatic carbocycles. The second-order valence-corrected chi connectivity index (χ2v) is 6.75. The Balaban J connectivity index is 1.52. The van der Waals surface area contributed by atoms with Crippen LogP contribution in [0.1, 0.15) is 26.1 Å². The van der Waals surface area contributed by atoms with Crippen LogP contribution in [0.25, 0.3) is 0 Å². The van der Waals surface area contributed by atoms with Gasteiger partial charge in [-0.15, -0.1) is 5.10 Å². The van der Waals surface area contributed by atoms with Crippen LogP contribution >= 0.6 is 0 Å². The minimum atomic E-state index is 0.675. The molecule has 1 saturated heterocycles. The summed E-state index contributed by atoms with van der Waals surface area (Å²) >= 11 is 0. The third kappa shape index (κ3) is 4.28. The summed E-state index contributed by atoms with van der Waals surface area (Å²) in [5, 5.41) is 12.2. The standard InChI is InChI=1S/C17H26N6/c1-15(2)8-9-23-17(18-19-20-23)14-21-10-12-22(13-11-21)16-6-4-3-5-7-16/h3-7,15H,8-14H2,1-2H3/p+1. The number of aryl methyl sites for hydroxylation is 1.